The van der Waals surface area contributed by atoms with Crippen LogP contribution in [-0.2, 0) is 16.4 Å². The molecule has 30 heavy (non-hydrogen) atoms. The van der Waals surface area contributed by atoms with E-state index in [2.05, 4.69) is 4.72 Å². The van der Waals surface area contributed by atoms with Gasteiger partial charge in [0.15, 0.2) is 5.76 Å². The Morgan fingerprint density at radius 2 is 1.90 bits per heavy atom. The van der Waals surface area contributed by atoms with Gasteiger partial charge in [0.05, 0.1) is 16.1 Å². The lowest BCUT2D eigenvalue weighted by molar-refractivity contribution is -0.384. The van der Waals surface area contributed by atoms with Crippen LogP contribution >= 0.6 is 0 Å². The maximum absolute atomic E-state index is 12.7. The number of amides is 1. The molecule has 0 spiro atoms. The van der Waals surface area contributed by atoms with Crippen LogP contribution in [0.25, 0.3) is 0 Å². The van der Waals surface area contributed by atoms with Crippen LogP contribution < -0.4 is 9.62 Å². The predicted octanol–water partition coefficient (Wildman–Crippen LogP) is 3.58. The molecule has 0 atom stereocenters. The molecule has 10 heteroatoms. The van der Waals surface area contributed by atoms with Crippen LogP contribution in [0.4, 0.5) is 17.1 Å². The number of nitro benzene ring substituents is 1. The molecule has 0 unspecified atom stereocenters. The van der Waals surface area contributed by atoms with Crippen molar-refractivity contribution in [1.82, 2.24) is 0 Å². The Kier molecular flexibility index (Phi) is 5.00. The van der Waals surface area contributed by atoms with Crippen LogP contribution in [0.1, 0.15) is 22.5 Å². The van der Waals surface area contributed by atoms with Gasteiger partial charge in [0, 0.05) is 30.1 Å². The summed E-state index contributed by atoms with van der Waals surface area (Å²) in [6, 6.07) is 12.9. The molecule has 2 aromatic carbocycles. The number of carbonyl (C=O) groups is 1. The molecule has 1 aliphatic rings. The Balaban J connectivity index is 1.58. The number of carbonyl (C=O) groups excluding carboxylic acids is 1. The number of nitro groups is 1. The Morgan fingerprint density at radius 3 is 2.57 bits per heavy atom. The number of furan rings is 1. The van der Waals surface area contributed by atoms with Gasteiger partial charge < -0.3 is 9.32 Å². The maximum Gasteiger partial charge on any atom is 0.293 e. The van der Waals surface area contributed by atoms with Gasteiger partial charge in [0.2, 0.25) is 0 Å². The van der Waals surface area contributed by atoms with Gasteiger partial charge in [-0.2, -0.15) is 0 Å². The summed E-state index contributed by atoms with van der Waals surface area (Å²) in [6.07, 6.45) is 2.87. The van der Waals surface area contributed by atoms with Crippen molar-refractivity contribution in [3.8, 4) is 0 Å². The van der Waals surface area contributed by atoms with Crippen molar-refractivity contribution in [2.24, 2.45) is 0 Å². The predicted molar refractivity (Wildman–Crippen MR) is 109 cm³/mol. The molecule has 0 saturated heterocycles. The third-order valence-electron chi connectivity index (χ3n) is 4.79. The zero-order chi connectivity index (χ0) is 21.3. The molecule has 1 aliphatic heterocycles. The van der Waals surface area contributed by atoms with Crippen LogP contribution in [0.3, 0.4) is 0 Å². The molecule has 2 heterocycles. The van der Waals surface area contributed by atoms with E-state index in [0.717, 1.165) is 24.1 Å². The van der Waals surface area contributed by atoms with Gasteiger partial charge in [-0.3, -0.25) is 19.6 Å². The number of sulfonamides is 1. The number of rotatable bonds is 5. The molecule has 3 aromatic rings. The second-order valence-corrected chi connectivity index (χ2v) is 8.42. The van der Waals surface area contributed by atoms with Crippen LogP contribution in [0.2, 0.25) is 0 Å². The lowest BCUT2D eigenvalue weighted by Gasteiger charge is -2.29. The first kappa shape index (κ1) is 19.6. The summed E-state index contributed by atoms with van der Waals surface area (Å²) in [5, 5.41) is 10.7. The third-order valence-corrected chi connectivity index (χ3v) is 6.18. The van der Waals surface area contributed by atoms with Crippen LogP contribution in [0.15, 0.2) is 70.2 Å². The van der Waals surface area contributed by atoms with E-state index in [-0.39, 0.29) is 22.3 Å². The highest BCUT2D eigenvalue weighted by Gasteiger charge is 2.26. The lowest BCUT2D eigenvalue weighted by atomic mass is 10.0. The third kappa shape index (κ3) is 3.77. The van der Waals surface area contributed by atoms with Crippen molar-refractivity contribution in [2.45, 2.75) is 17.7 Å². The number of benzene rings is 2. The maximum atomic E-state index is 12.7. The summed E-state index contributed by atoms with van der Waals surface area (Å²) in [4.78, 5) is 24.4. The highest BCUT2D eigenvalue weighted by atomic mass is 32.2. The van der Waals surface area contributed by atoms with E-state index >= 15 is 0 Å². The highest BCUT2D eigenvalue weighted by Crippen LogP contribution is 2.31. The number of nitrogens with zero attached hydrogens (tertiary/aromatic N) is 2. The van der Waals surface area contributed by atoms with E-state index in [9.17, 15) is 23.3 Å². The fourth-order valence-electron chi connectivity index (χ4n) is 3.37. The molecule has 1 amide bonds. The van der Waals surface area contributed by atoms with Crippen molar-refractivity contribution in [3.05, 3.63) is 82.3 Å². The molecule has 9 nitrogen and oxygen atoms in total. The van der Waals surface area contributed by atoms with E-state index < -0.39 is 14.9 Å². The van der Waals surface area contributed by atoms with Crippen molar-refractivity contribution >= 4 is 33.0 Å². The van der Waals surface area contributed by atoms with Crippen LogP contribution in [0.5, 0.6) is 0 Å². The first-order valence-electron chi connectivity index (χ1n) is 9.11. The van der Waals surface area contributed by atoms with Crippen molar-refractivity contribution in [2.75, 3.05) is 16.2 Å². The van der Waals surface area contributed by atoms with E-state index in [1.165, 1.54) is 18.4 Å². The number of hydrogen-bond acceptors (Lipinski definition) is 6. The molecule has 1 aromatic heterocycles. The number of nitrogens with one attached hydrogen (secondary N) is 1. The smallest absolute Gasteiger partial charge is 0.293 e. The summed E-state index contributed by atoms with van der Waals surface area (Å²) in [5.41, 5.74) is 1.70. The SMILES string of the molecule is O=C(c1ccco1)N1CCCc2cc(NS(=O)(=O)c3ccc([N+](=O)[O-])cc3)ccc21. The Labute approximate surface area is 172 Å². The Hall–Kier alpha value is -3.66. The summed E-state index contributed by atoms with van der Waals surface area (Å²) in [6.45, 7) is 0.542. The van der Waals surface area contributed by atoms with Gasteiger partial charge in [0.25, 0.3) is 21.6 Å². The molecule has 154 valence electrons. The number of hydrogen-bond donors (Lipinski definition) is 1. The quantitative estimate of drug-likeness (QED) is 0.490. The standard InChI is InChI=1S/C20H17N3O6S/c24-20(19-4-2-12-29-19)22-11-1-3-14-13-15(5-10-18(14)22)21-30(27,28)17-8-6-16(7-9-17)23(25)26/h2,4-10,12-13,21H,1,3,11H2. The fraction of sp³-hybridized carbons (Fsp3) is 0.150. The van der Waals surface area contributed by atoms with Gasteiger partial charge in [0.1, 0.15) is 0 Å². The minimum Gasteiger partial charge on any atom is -0.459 e. The van der Waals surface area contributed by atoms with E-state index in [1.807, 2.05) is 0 Å². The second-order valence-electron chi connectivity index (χ2n) is 6.74. The van der Waals surface area contributed by atoms with Crippen molar-refractivity contribution < 1.29 is 22.6 Å². The van der Waals surface area contributed by atoms with Gasteiger partial charge in [-0.15, -0.1) is 0 Å². The minimum atomic E-state index is -3.92. The van der Waals surface area contributed by atoms with Crippen molar-refractivity contribution in [3.63, 3.8) is 0 Å². The summed E-state index contributed by atoms with van der Waals surface area (Å²) >= 11 is 0. The Morgan fingerprint density at radius 1 is 1.13 bits per heavy atom. The zero-order valence-electron chi connectivity index (χ0n) is 15.6. The highest BCUT2D eigenvalue weighted by molar-refractivity contribution is 7.92. The topological polar surface area (TPSA) is 123 Å². The lowest BCUT2D eigenvalue weighted by Crippen LogP contribution is -2.35. The number of non-ortho nitro benzene ring substituents is 1. The normalized spacial score (nSPS) is 13.5. The molecule has 0 radical (unpaired) electrons. The first-order valence-corrected chi connectivity index (χ1v) is 10.6. The molecular formula is C20H17N3O6S. The summed E-state index contributed by atoms with van der Waals surface area (Å²) < 4.78 is 32.9. The summed E-state index contributed by atoms with van der Waals surface area (Å²) in [5.74, 6) is -0.00837. The second kappa shape index (κ2) is 7.64. The molecule has 0 bridgehead atoms. The minimum absolute atomic E-state index is 0.0829. The van der Waals surface area contributed by atoms with E-state index in [1.54, 1.807) is 35.2 Å². The van der Waals surface area contributed by atoms with Gasteiger partial charge in [-0.05, 0) is 60.9 Å². The zero-order valence-corrected chi connectivity index (χ0v) is 16.5. The number of anilines is 2. The van der Waals surface area contributed by atoms with Crippen LogP contribution in [-0.4, -0.2) is 25.8 Å². The molecule has 0 aliphatic carbocycles. The number of aryl methyl sites for hydroxylation is 1. The Bertz CT molecular complexity index is 1200. The van der Waals surface area contributed by atoms with Gasteiger partial charge in [-0.1, -0.05) is 0 Å². The van der Waals surface area contributed by atoms with Gasteiger partial charge in [-0.25, -0.2) is 8.42 Å². The average Bonchev–Trinajstić information content (AvgIpc) is 3.27. The first-order chi connectivity index (χ1) is 14.3. The molecular weight excluding hydrogens is 410 g/mol. The van der Waals surface area contributed by atoms with E-state index in [0.29, 0.717) is 24.3 Å². The molecule has 1 N–H and O–H groups in total. The van der Waals surface area contributed by atoms with Crippen LogP contribution in [0, 0.1) is 10.1 Å². The van der Waals surface area contributed by atoms with Gasteiger partial charge >= 0.3 is 0 Å². The molecule has 4 rings (SSSR count). The van der Waals surface area contributed by atoms with Crippen molar-refractivity contribution in [1.29, 1.82) is 0 Å². The average molecular weight is 427 g/mol. The number of fused-ring (bicyclic) bond motifs is 1. The monoisotopic (exact) mass is 427 g/mol. The molecule has 0 saturated carbocycles. The molecule has 0 fully saturated rings. The summed E-state index contributed by atoms with van der Waals surface area (Å²) in [7, 11) is -3.92. The van der Waals surface area contributed by atoms with E-state index in [4.69, 9.17) is 4.42 Å². The fourth-order valence-corrected chi connectivity index (χ4v) is 4.42. The largest absolute Gasteiger partial charge is 0.459 e.